The van der Waals surface area contributed by atoms with Crippen LogP contribution < -0.4 is 14.8 Å². The Balaban J connectivity index is 2.94. The van der Waals surface area contributed by atoms with Gasteiger partial charge in [0.2, 0.25) is 0 Å². The first-order valence-electron chi connectivity index (χ1n) is 5.79. The maximum absolute atomic E-state index is 9.01. The molecule has 1 aromatic carbocycles. The first-order chi connectivity index (χ1) is 8.65. The molecular weight excluding hydrogens is 250 g/mol. The number of aliphatic hydroxyl groups is 1. The standard InChI is InChI=1S/C13H21NO3S/c1-9(8-15)14-7-10-5-11(16-2)12(17-3)6-13(10)18-4/h5-6,9,14-15H,7-8H2,1-4H3/t9-/m1/s1. The quantitative estimate of drug-likeness (QED) is 0.742. The number of hydrogen-bond acceptors (Lipinski definition) is 5. The molecule has 0 fully saturated rings. The van der Waals surface area contributed by atoms with Crippen molar-refractivity contribution < 1.29 is 14.6 Å². The minimum Gasteiger partial charge on any atom is -0.493 e. The molecule has 0 saturated heterocycles. The number of nitrogens with one attached hydrogen (secondary N) is 1. The number of thioether (sulfide) groups is 1. The van der Waals surface area contributed by atoms with Gasteiger partial charge in [0.1, 0.15) is 0 Å². The molecule has 0 aliphatic carbocycles. The predicted octanol–water partition coefficient (Wildman–Crippen LogP) is 1.90. The number of ether oxygens (including phenoxy) is 2. The van der Waals surface area contributed by atoms with Crippen molar-refractivity contribution in [2.24, 2.45) is 0 Å². The fourth-order valence-corrected chi connectivity index (χ4v) is 2.20. The lowest BCUT2D eigenvalue weighted by molar-refractivity contribution is 0.250. The molecule has 0 spiro atoms. The van der Waals surface area contributed by atoms with Gasteiger partial charge in [0.15, 0.2) is 11.5 Å². The zero-order valence-electron chi connectivity index (χ0n) is 11.3. The van der Waals surface area contributed by atoms with E-state index in [4.69, 9.17) is 14.6 Å². The number of aliphatic hydroxyl groups excluding tert-OH is 1. The van der Waals surface area contributed by atoms with Crippen molar-refractivity contribution in [1.29, 1.82) is 0 Å². The average molecular weight is 271 g/mol. The Morgan fingerprint density at radius 2 is 1.89 bits per heavy atom. The van der Waals surface area contributed by atoms with E-state index in [2.05, 4.69) is 5.32 Å². The maximum atomic E-state index is 9.01. The molecule has 0 bridgehead atoms. The Morgan fingerprint density at radius 1 is 1.28 bits per heavy atom. The molecule has 0 unspecified atom stereocenters. The molecule has 0 aliphatic rings. The van der Waals surface area contributed by atoms with Crippen LogP contribution in [0, 0.1) is 0 Å². The molecule has 2 N–H and O–H groups in total. The summed E-state index contributed by atoms with van der Waals surface area (Å²) < 4.78 is 10.6. The van der Waals surface area contributed by atoms with E-state index in [0.29, 0.717) is 6.54 Å². The Bertz CT molecular complexity index is 385. The summed E-state index contributed by atoms with van der Waals surface area (Å²) in [5, 5.41) is 12.3. The number of rotatable bonds is 7. The van der Waals surface area contributed by atoms with Gasteiger partial charge in [0.25, 0.3) is 0 Å². The van der Waals surface area contributed by atoms with Crippen molar-refractivity contribution in [2.45, 2.75) is 24.4 Å². The van der Waals surface area contributed by atoms with Crippen LogP contribution in [0.15, 0.2) is 17.0 Å². The summed E-state index contributed by atoms with van der Waals surface area (Å²) in [6, 6.07) is 4.03. The zero-order valence-corrected chi connectivity index (χ0v) is 12.1. The molecule has 1 aromatic rings. The van der Waals surface area contributed by atoms with Crippen LogP contribution in [0.5, 0.6) is 11.5 Å². The van der Waals surface area contributed by atoms with Gasteiger partial charge in [-0.2, -0.15) is 0 Å². The van der Waals surface area contributed by atoms with Crippen LogP contribution in [0.4, 0.5) is 0 Å². The van der Waals surface area contributed by atoms with Crippen LogP contribution in [0.2, 0.25) is 0 Å². The summed E-state index contributed by atoms with van der Waals surface area (Å²) in [4.78, 5) is 1.14. The van der Waals surface area contributed by atoms with E-state index in [1.54, 1.807) is 26.0 Å². The van der Waals surface area contributed by atoms with Crippen LogP contribution in [0.1, 0.15) is 12.5 Å². The second-order valence-corrected chi connectivity index (χ2v) is 4.83. The topological polar surface area (TPSA) is 50.7 Å². The van der Waals surface area contributed by atoms with Crippen LogP contribution in [-0.4, -0.2) is 38.2 Å². The van der Waals surface area contributed by atoms with Gasteiger partial charge >= 0.3 is 0 Å². The highest BCUT2D eigenvalue weighted by atomic mass is 32.2. The van der Waals surface area contributed by atoms with Crippen LogP contribution in [0.3, 0.4) is 0 Å². The van der Waals surface area contributed by atoms with E-state index in [9.17, 15) is 0 Å². The van der Waals surface area contributed by atoms with E-state index in [-0.39, 0.29) is 12.6 Å². The van der Waals surface area contributed by atoms with Crippen molar-refractivity contribution in [3.05, 3.63) is 17.7 Å². The fourth-order valence-electron chi connectivity index (χ4n) is 1.58. The van der Waals surface area contributed by atoms with Gasteiger partial charge in [0, 0.05) is 17.5 Å². The van der Waals surface area contributed by atoms with Crippen molar-refractivity contribution in [3.63, 3.8) is 0 Å². The van der Waals surface area contributed by atoms with E-state index < -0.39 is 0 Å². The Morgan fingerprint density at radius 3 is 2.39 bits per heavy atom. The van der Waals surface area contributed by atoms with Gasteiger partial charge in [-0.3, -0.25) is 0 Å². The van der Waals surface area contributed by atoms with Gasteiger partial charge in [-0.15, -0.1) is 11.8 Å². The molecule has 1 rings (SSSR count). The first kappa shape index (κ1) is 15.1. The van der Waals surface area contributed by atoms with E-state index in [1.807, 2.05) is 25.3 Å². The molecule has 0 aliphatic heterocycles. The molecule has 0 heterocycles. The summed E-state index contributed by atoms with van der Waals surface area (Å²) in [5.41, 5.74) is 1.14. The largest absolute Gasteiger partial charge is 0.493 e. The lowest BCUT2D eigenvalue weighted by Gasteiger charge is -2.16. The highest BCUT2D eigenvalue weighted by molar-refractivity contribution is 7.98. The normalized spacial score (nSPS) is 12.3. The molecule has 0 radical (unpaired) electrons. The van der Waals surface area contributed by atoms with Crippen molar-refractivity contribution in [1.82, 2.24) is 5.32 Å². The minimum atomic E-state index is 0.0767. The lowest BCUT2D eigenvalue weighted by atomic mass is 10.2. The highest BCUT2D eigenvalue weighted by Gasteiger charge is 2.11. The van der Waals surface area contributed by atoms with E-state index >= 15 is 0 Å². The number of benzene rings is 1. The average Bonchev–Trinajstić information content (AvgIpc) is 2.43. The third-order valence-electron chi connectivity index (χ3n) is 2.70. The van der Waals surface area contributed by atoms with Crippen molar-refractivity contribution in [2.75, 3.05) is 27.1 Å². The zero-order chi connectivity index (χ0) is 13.5. The van der Waals surface area contributed by atoms with Gasteiger partial charge in [-0.1, -0.05) is 0 Å². The van der Waals surface area contributed by atoms with Gasteiger partial charge in [-0.05, 0) is 30.9 Å². The molecule has 18 heavy (non-hydrogen) atoms. The summed E-state index contributed by atoms with van der Waals surface area (Å²) in [6.45, 7) is 2.76. The van der Waals surface area contributed by atoms with E-state index in [1.165, 1.54) is 0 Å². The summed E-state index contributed by atoms with van der Waals surface area (Å²) in [6.07, 6.45) is 2.03. The summed E-state index contributed by atoms with van der Waals surface area (Å²) >= 11 is 1.67. The number of methoxy groups -OCH3 is 2. The predicted molar refractivity (Wildman–Crippen MR) is 74.7 cm³/mol. The molecular formula is C13H21NO3S. The summed E-state index contributed by atoms with van der Waals surface area (Å²) in [5.74, 6) is 1.46. The maximum Gasteiger partial charge on any atom is 0.161 e. The van der Waals surface area contributed by atoms with Crippen molar-refractivity contribution >= 4 is 11.8 Å². The molecule has 0 amide bonds. The van der Waals surface area contributed by atoms with Crippen molar-refractivity contribution in [3.8, 4) is 11.5 Å². The monoisotopic (exact) mass is 271 g/mol. The minimum absolute atomic E-state index is 0.0767. The second-order valence-electron chi connectivity index (χ2n) is 3.98. The van der Waals surface area contributed by atoms with Gasteiger partial charge in [-0.25, -0.2) is 0 Å². The van der Waals surface area contributed by atoms with Gasteiger partial charge < -0.3 is 19.9 Å². The Hall–Kier alpha value is -0.910. The van der Waals surface area contributed by atoms with Crippen LogP contribution in [-0.2, 0) is 6.54 Å². The molecule has 5 heteroatoms. The molecule has 0 aromatic heterocycles. The van der Waals surface area contributed by atoms with Gasteiger partial charge in [0.05, 0.1) is 20.8 Å². The van der Waals surface area contributed by atoms with Crippen LogP contribution >= 0.6 is 11.8 Å². The highest BCUT2D eigenvalue weighted by Crippen LogP contribution is 2.34. The fraction of sp³-hybridized carbons (Fsp3) is 0.538. The molecule has 0 saturated carbocycles. The molecule has 1 atom stereocenters. The first-order valence-corrected chi connectivity index (χ1v) is 7.01. The molecule has 4 nitrogen and oxygen atoms in total. The molecule has 102 valence electrons. The third kappa shape index (κ3) is 3.80. The third-order valence-corrected chi connectivity index (χ3v) is 3.52. The summed E-state index contributed by atoms with van der Waals surface area (Å²) in [7, 11) is 3.26. The SMILES string of the molecule is COc1cc(CN[C@H](C)CO)c(SC)cc1OC. The Labute approximate surface area is 113 Å². The lowest BCUT2D eigenvalue weighted by Crippen LogP contribution is -2.28. The smallest absolute Gasteiger partial charge is 0.161 e. The number of hydrogen-bond donors (Lipinski definition) is 2. The second kappa shape index (κ2) is 7.51. The van der Waals surface area contributed by atoms with E-state index in [0.717, 1.165) is 22.0 Å². The Kier molecular flexibility index (Phi) is 6.32. The van der Waals surface area contributed by atoms with Crippen LogP contribution in [0.25, 0.3) is 0 Å².